The van der Waals surface area contributed by atoms with Gasteiger partial charge in [0.1, 0.15) is 15.8 Å². The molecule has 1 atom stereocenters. The van der Waals surface area contributed by atoms with E-state index >= 15 is 0 Å². The highest BCUT2D eigenvalue weighted by Gasteiger charge is 2.42. The van der Waals surface area contributed by atoms with E-state index in [9.17, 15) is 27.1 Å². The van der Waals surface area contributed by atoms with Gasteiger partial charge in [0.25, 0.3) is 5.91 Å². The van der Waals surface area contributed by atoms with Crippen molar-refractivity contribution in [2.45, 2.75) is 18.6 Å². The van der Waals surface area contributed by atoms with Crippen LogP contribution in [-0.4, -0.2) is 41.8 Å². The first-order valence-corrected chi connectivity index (χ1v) is 11.9. The molecule has 5 nitrogen and oxygen atoms in total. The number of amides is 1. The van der Waals surface area contributed by atoms with Crippen molar-refractivity contribution in [1.82, 2.24) is 4.90 Å². The molecule has 1 amide bonds. The number of alkyl halides is 3. The Morgan fingerprint density at radius 3 is 2.70 bits per heavy atom. The number of carbonyl (C=O) groups excluding carboxylic acids is 1. The number of thioether (sulfide) groups is 1. The molecule has 2 aliphatic heterocycles. The number of nitrogens with zero attached hydrogens (tertiary/aromatic N) is 1. The van der Waals surface area contributed by atoms with Crippen LogP contribution < -0.4 is 0 Å². The molecule has 0 spiro atoms. The highest BCUT2D eigenvalue weighted by Crippen LogP contribution is 2.49. The quantitative estimate of drug-likeness (QED) is 0.439. The molecule has 2 fully saturated rings. The molecule has 2 aliphatic rings. The molecular formula is C19H16F3NO4S3. The Morgan fingerprint density at radius 2 is 2.03 bits per heavy atom. The lowest BCUT2D eigenvalue weighted by Crippen LogP contribution is -2.39. The predicted molar refractivity (Wildman–Crippen MR) is 115 cm³/mol. The summed E-state index contributed by atoms with van der Waals surface area (Å²) in [6.45, 7) is 0. The smallest absolute Gasteiger partial charge is 0.416 e. The normalized spacial score (nSPS) is 24.1. The Kier molecular flexibility index (Phi) is 5.52. The number of hydrogen-bond donors (Lipinski definition) is 2. The van der Waals surface area contributed by atoms with Gasteiger partial charge < -0.3 is 4.42 Å². The zero-order valence-corrected chi connectivity index (χ0v) is 17.7. The van der Waals surface area contributed by atoms with Gasteiger partial charge in [0.05, 0.1) is 22.3 Å². The third-order valence-electron chi connectivity index (χ3n) is 4.80. The minimum Gasteiger partial charge on any atom is -0.457 e. The number of carbonyl (C=O) groups is 1. The SMILES string of the molecule is O=C1C(=Cc2ccc(-c3cccc(C(F)(F)F)c3)o2)SC(=S)N1C1CCS(O)(O)C1. The van der Waals surface area contributed by atoms with Gasteiger partial charge in [-0.1, -0.05) is 36.1 Å². The summed E-state index contributed by atoms with van der Waals surface area (Å²) in [6.07, 6.45) is -2.51. The molecule has 1 aromatic heterocycles. The lowest BCUT2D eigenvalue weighted by Gasteiger charge is -2.28. The molecule has 1 aromatic carbocycles. The van der Waals surface area contributed by atoms with Gasteiger partial charge in [-0.3, -0.25) is 18.8 Å². The monoisotopic (exact) mass is 475 g/mol. The molecule has 0 saturated carbocycles. The number of benzene rings is 1. The van der Waals surface area contributed by atoms with Crippen LogP contribution >= 0.6 is 34.6 Å². The van der Waals surface area contributed by atoms with Crippen LogP contribution in [-0.2, 0) is 11.0 Å². The van der Waals surface area contributed by atoms with Crippen molar-refractivity contribution in [2.75, 3.05) is 11.5 Å². The average Bonchev–Trinajstić information content (AvgIpc) is 3.33. The zero-order chi connectivity index (χ0) is 21.7. The second-order valence-corrected chi connectivity index (χ2v) is 11.0. The maximum Gasteiger partial charge on any atom is 0.416 e. The van der Waals surface area contributed by atoms with E-state index in [0.29, 0.717) is 21.4 Å². The largest absolute Gasteiger partial charge is 0.457 e. The fraction of sp³-hybridized carbons (Fsp3) is 0.263. The molecular weight excluding hydrogens is 459 g/mol. The number of halogens is 3. The minimum atomic E-state index is -4.46. The van der Waals surface area contributed by atoms with Crippen LogP contribution in [0, 0.1) is 0 Å². The fourth-order valence-corrected chi connectivity index (χ4v) is 6.49. The van der Waals surface area contributed by atoms with Crippen LogP contribution in [0.25, 0.3) is 17.4 Å². The highest BCUT2D eigenvalue weighted by atomic mass is 32.3. The van der Waals surface area contributed by atoms with Crippen molar-refractivity contribution in [3.05, 3.63) is 52.6 Å². The standard InChI is InChI=1S/C19H16F3NO4S3/c20-19(21,22)12-3-1-2-11(8-12)15-5-4-14(27-15)9-16-17(24)23(18(28)29-16)13-6-7-30(25,26)10-13/h1-5,8-9,13,25-26H,6-7,10H2. The lowest BCUT2D eigenvalue weighted by molar-refractivity contribution is -0.137. The van der Waals surface area contributed by atoms with Crippen molar-refractivity contribution in [1.29, 1.82) is 0 Å². The van der Waals surface area contributed by atoms with Crippen LogP contribution in [0.1, 0.15) is 17.7 Å². The van der Waals surface area contributed by atoms with E-state index in [2.05, 4.69) is 0 Å². The third-order valence-corrected chi connectivity index (χ3v) is 7.94. The van der Waals surface area contributed by atoms with Crippen LogP contribution in [0.5, 0.6) is 0 Å². The highest BCUT2D eigenvalue weighted by molar-refractivity contribution is 8.27. The van der Waals surface area contributed by atoms with Gasteiger partial charge in [0.2, 0.25) is 0 Å². The molecule has 11 heteroatoms. The number of furan rings is 1. The molecule has 0 radical (unpaired) electrons. The summed E-state index contributed by atoms with van der Waals surface area (Å²) in [5.41, 5.74) is -0.505. The molecule has 0 bridgehead atoms. The Morgan fingerprint density at radius 1 is 1.27 bits per heavy atom. The van der Waals surface area contributed by atoms with Crippen molar-refractivity contribution in [3.8, 4) is 11.3 Å². The maximum absolute atomic E-state index is 12.9. The van der Waals surface area contributed by atoms with Gasteiger partial charge in [0.15, 0.2) is 0 Å². The topological polar surface area (TPSA) is 73.9 Å². The first-order chi connectivity index (χ1) is 14.0. The number of hydrogen-bond acceptors (Lipinski definition) is 6. The van der Waals surface area contributed by atoms with Gasteiger partial charge in [0, 0.05) is 17.4 Å². The number of rotatable bonds is 3. The van der Waals surface area contributed by atoms with E-state index in [1.54, 1.807) is 6.07 Å². The van der Waals surface area contributed by atoms with Gasteiger partial charge in [-0.2, -0.15) is 23.8 Å². The molecule has 1 unspecified atom stereocenters. The van der Waals surface area contributed by atoms with Crippen molar-refractivity contribution < 1.29 is 31.5 Å². The first kappa shape index (κ1) is 21.4. The summed E-state index contributed by atoms with van der Waals surface area (Å²) in [7, 11) is -2.68. The second-order valence-electron chi connectivity index (χ2n) is 6.95. The van der Waals surface area contributed by atoms with Crippen LogP contribution in [0.4, 0.5) is 13.2 Å². The van der Waals surface area contributed by atoms with E-state index in [1.807, 2.05) is 0 Å². The second kappa shape index (κ2) is 7.72. The molecule has 30 heavy (non-hydrogen) atoms. The molecule has 160 valence electrons. The molecule has 2 aromatic rings. The minimum absolute atomic E-state index is 0.104. The summed E-state index contributed by atoms with van der Waals surface area (Å²) in [5, 5.41) is 0. The molecule has 0 aliphatic carbocycles. The average molecular weight is 476 g/mol. The molecule has 3 heterocycles. The predicted octanol–water partition coefficient (Wildman–Crippen LogP) is 5.69. The van der Waals surface area contributed by atoms with Gasteiger partial charge in [-0.05, 0) is 30.7 Å². The van der Waals surface area contributed by atoms with Crippen LogP contribution in [0.15, 0.2) is 45.7 Å². The summed E-state index contributed by atoms with van der Waals surface area (Å²) in [6, 6.07) is 7.54. The van der Waals surface area contributed by atoms with E-state index in [1.165, 1.54) is 29.2 Å². The van der Waals surface area contributed by atoms with Crippen molar-refractivity contribution in [2.24, 2.45) is 0 Å². The van der Waals surface area contributed by atoms with E-state index < -0.39 is 22.3 Å². The van der Waals surface area contributed by atoms with Gasteiger partial charge in [-0.25, -0.2) is 0 Å². The van der Waals surface area contributed by atoms with Crippen LogP contribution in [0.2, 0.25) is 0 Å². The number of thiocarbonyl (C=S) groups is 1. The van der Waals surface area contributed by atoms with Crippen LogP contribution in [0.3, 0.4) is 0 Å². The zero-order valence-electron chi connectivity index (χ0n) is 15.3. The molecule has 4 rings (SSSR count). The van der Waals surface area contributed by atoms with Crippen molar-refractivity contribution >= 4 is 50.9 Å². The first-order valence-electron chi connectivity index (χ1n) is 8.82. The lowest BCUT2D eigenvalue weighted by atomic mass is 10.1. The van der Waals surface area contributed by atoms with E-state index in [-0.39, 0.29) is 34.8 Å². The Balaban J connectivity index is 1.55. The van der Waals surface area contributed by atoms with E-state index in [4.69, 9.17) is 16.6 Å². The van der Waals surface area contributed by atoms with Gasteiger partial charge in [-0.15, -0.1) is 0 Å². The fourth-order valence-electron chi connectivity index (χ4n) is 3.36. The third kappa shape index (κ3) is 4.30. The summed E-state index contributed by atoms with van der Waals surface area (Å²) in [5.74, 6) is 0.551. The Labute approximate surface area is 181 Å². The van der Waals surface area contributed by atoms with Crippen molar-refractivity contribution in [3.63, 3.8) is 0 Å². The van der Waals surface area contributed by atoms with Gasteiger partial charge >= 0.3 is 6.18 Å². The molecule has 2 saturated heterocycles. The maximum atomic E-state index is 12.9. The molecule has 2 N–H and O–H groups in total. The summed E-state index contributed by atoms with van der Waals surface area (Å²) >= 11 is 6.37. The summed E-state index contributed by atoms with van der Waals surface area (Å²) in [4.78, 5) is 14.5. The Hall–Kier alpha value is -1.79. The van der Waals surface area contributed by atoms with E-state index in [0.717, 1.165) is 23.9 Å². The Bertz CT molecular complexity index is 1050. The summed E-state index contributed by atoms with van der Waals surface area (Å²) < 4.78 is 64.4.